The minimum absolute atomic E-state index is 0.00893. The highest BCUT2D eigenvalue weighted by molar-refractivity contribution is 7.51. The predicted octanol–water partition coefficient (Wildman–Crippen LogP) is 8.82. The first-order valence-corrected chi connectivity index (χ1v) is 18.3. The highest BCUT2D eigenvalue weighted by Crippen LogP contribution is 2.49. The number of hydrogen-bond donors (Lipinski definition) is 1. The Hall–Kier alpha value is -4.64. The van der Waals surface area contributed by atoms with E-state index in [0.717, 1.165) is 12.1 Å². The number of morpholine rings is 1. The number of halogens is 7. The zero-order valence-electron chi connectivity index (χ0n) is 29.0. The topological polar surface area (TPSA) is 108 Å². The molecule has 55 heavy (non-hydrogen) atoms. The molecule has 2 heterocycles. The lowest BCUT2D eigenvalue weighted by Gasteiger charge is -2.41. The van der Waals surface area contributed by atoms with Crippen LogP contribution in [-0.2, 0) is 55.2 Å². The molecule has 10 nitrogen and oxygen atoms in total. The number of rotatable bonds is 13. The van der Waals surface area contributed by atoms with Crippen molar-refractivity contribution in [2.75, 3.05) is 13.2 Å². The third-order valence-corrected chi connectivity index (χ3v) is 10.3. The molecule has 1 aliphatic rings. The second-order valence-electron chi connectivity index (χ2n) is 12.6. The lowest BCUT2D eigenvalue weighted by molar-refractivity contribution is -0.231. The summed E-state index contributed by atoms with van der Waals surface area (Å²) in [6, 6.07) is 22.9. The van der Waals surface area contributed by atoms with Gasteiger partial charge in [0.2, 0.25) is 0 Å². The van der Waals surface area contributed by atoms with Crippen LogP contribution in [0.1, 0.15) is 58.3 Å². The lowest BCUT2D eigenvalue weighted by Crippen LogP contribution is -2.46. The Morgan fingerprint density at radius 1 is 0.855 bits per heavy atom. The fraction of sp³-hybridized carbons (Fsp3) is 0.297. The minimum atomic E-state index is -5.08. The molecule has 0 saturated carbocycles. The van der Waals surface area contributed by atoms with Gasteiger partial charge in [0.15, 0.2) is 6.29 Å². The molecule has 0 bridgehead atoms. The van der Waals surface area contributed by atoms with Gasteiger partial charge in [0.1, 0.15) is 11.6 Å². The highest BCUT2D eigenvalue weighted by atomic mass is 31.2. The van der Waals surface area contributed by atoms with Crippen molar-refractivity contribution >= 4 is 7.75 Å². The van der Waals surface area contributed by atoms with Crippen LogP contribution < -0.4 is 5.69 Å². The van der Waals surface area contributed by atoms with Gasteiger partial charge in [-0.3, -0.25) is 18.9 Å². The Labute approximate surface area is 310 Å². The Kier molecular flexibility index (Phi) is 12.1. The van der Waals surface area contributed by atoms with E-state index in [1.807, 2.05) is 0 Å². The number of alkyl halides is 6. The van der Waals surface area contributed by atoms with Crippen LogP contribution in [0, 0.1) is 5.82 Å². The molecule has 1 aliphatic heterocycles. The number of aromatic amines is 1. The highest BCUT2D eigenvalue weighted by Gasteiger charge is 2.40. The van der Waals surface area contributed by atoms with E-state index in [0.29, 0.717) is 33.3 Å². The maximum absolute atomic E-state index is 14.3. The summed E-state index contributed by atoms with van der Waals surface area (Å²) in [6.07, 6.45) is -12.8. The average molecular weight is 795 g/mol. The van der Waals surface area contributed by atoms with Crippen LogP contribution in [0.4, 0.5) is 30.7 Å². The quantitative estimate of drug-likeness (QED) is 0.0932. The number of H-pyrrole nitrogens is 1. The van der Waals surface area contributed by atoms with Crippen LogP contribution in [0.5, 0.6) is 0 Å². The molecule has 6 rings (SSSR count). The molecular formula is C37H34F7N4O6P. The van der Waals surface area contributed by atoms with Gasteiger partial charge in [-0.25, -0.2) is 13.8 Å². The van der Waals surface area contributed by atoms with E-state index in [2.05, 4.69) is 10.1 Å². The van der Waals surface area contributed by atoms with Crippen molar-refractivity contribution in [1.82, 2.24) is 19.4 Å². The molecular weight excluding hydrogens is 760 g/mol. The van der Waals surface area contributed by atoms with Gasteiger partial charge >= 0.3 is 25.8 Å². The summed E-state index contributed by atoms with van der Waals surface area (Å²) in [5, 5.41) is 4.28. The summed E-state index contributed by atoms with van der Waals surface area (Å²) in [5.74, 6) is -0.586. The van der Waals surface area contributed by atoms with Crippen LogP contribution in [0.2, 0.25) is 0 Å². The van der Waals surface area contributed by atoms with E-state index in [-0.39, 0.29) is 44.8 Å². The van der Waals surface area contributed by atoms with E-state index in [4.69, 9.17) is 18.5 Å². The third kappa shape index (κ3) is 9.97. The first-order valence-electron chi connectivity index (χ1n) is 16.8. The van der Waals surface area contributed by atoms with E-state index in [9.17, 15) is 40.1 Å². The molecule has 0 amide bonds. The van der Waals surface area contributed by atoms with Gasteiger partial charge in [0.25, 0.3) is 0 Å². The Balaban J connectivity index is 1.29. The first-order chi connectivity index (χ1) is 26.1. The van der Waals surface area contributed by atoms with Crippen molar-refractivity contribution < 1.29 is 53.8 Å². The molecule has 1 aromatic heterocycles. The number of ether oxygens (including phenoxy) is 2. The van der Waals surface area contributed by atoms with Crippen LogP contribution in [0.25, 0.3) is 0 Å². The maximum Gasteiger partial charge on any atom is 0.460 e. The molecule has 18 heteroatoms. The Morgan fingerprint density at radius 3 is 1.93 bits per heavy atom. The van der Waals surface area contributed by atoms with E-state index >= 15 is 0 Å². The van der Waals surface area contributed by atoms with Gasteiger partial charge in [-0.1, -0.05) is 72.8 Å². The first kappa shape index (κ1) is 40.0. The maximum atomic E-state index is 14.3. The van der Waals surface area contributed by atoms with E-state index < -0.39 is 66.7 Å². The third-order valence-electron chi connectivity index (χ3n) is 8.65. The zero-order valence-corrected chi connectivity index (χ0v) is 29.9. The van der Waals surface area contributed by atoms with Gasteiger partial charge in [-0.05, 0) is 59.5 Å². The van der Waals surface area contributed by atoms with Crippen molar-refractivity contribution in [3.8, 4) is 0 Å². The van der Waals surface area contributed by atoms with Gasteiger partial charge in [0.05, 0.1) is 49.6 Å². The average Bonchev–Trinajstić information content (AvgIpc) is 3.54. The van der Waals surface area contributed by atoms with Crippen molar-refractivity contribution in [3.05, 3.63) is 159 Å². The smallest absolute Gasteiger partial charge is 0.349 e. The lowest BCUT2D eigenvalue weighted by atomic mass is 10.0. The summed E-state index contributed by atoms with van der Waals surface area (Å²) in [7, 11) is -4.46. The molecule has 3 unspecified atom stereocenters. The van der Waals surface area contributed by atoms with Crippen molar-refractivity contribution in [2.24, 2.45) is 0 Å². The second kappa shape index (κ2) is 16.6. The molecule has 5 aromatic rings. The van der Waals surface area contributed by atoms with E-state index in [1.54, 1.807) is 65.6 Å². The van der Waals surface area contributed by atoms with Crippen molar-refractivity contribution in [1.29, 1.82) is 0 Å². The number of nitrogens with one attached hydrogen (secondary N) is 1. The minimum Gasteiger partial charge on any atom is -0.349 e. The second-order valence-corrected chi connectivity index (χ2v) is 14.4. The molecule has 0 aliphatic carbocycles. The number of benzene rings is 4. The van der Waals surface area contributed by atoms with Crippen LogP contribution in [-0.4, -0.2) is 38.9 Å². The molecule has 1 fully saturated rings. The SMILES string of the molecule is CC(OC1OCCN(Cc2nn(P(=O)(OCc3ccccc3)OCc3ccccc3)c(=O)[nH]2)C1c1ccc(F)cc1)c1cc(C(F)(F)F)cc(C(F)(F)F)c1. The molecule has 292 valence electrons. The molecule has 1 saturated heterocycles. The standard InChI is InChI=1S/C37H34F7N4O6P/c1-24(28-18-29(36(39,40)41)20-30(19-28)37(42,43)44)54-34-33(27-12-14-31(38)15-13-27)47(16-17-51-34)21-32-45-35(49)48(46-32)55(50,52-22-25-8-4-2-5-9-25)53-23-26-10-6-3-7-11-26/h2-15,18-20,24,33-34H,16-17,21-23H2,1H3,(H,45,46,49). The fourth-order valence-electron chi connectivity index (χ4n) is 5.90. The van der Waals surface area contributed by atoms with Crippen LogP contribution in [0.15, 0.2) is 108 Å². The fourth-order valence-corrected chi connectivity index (χ4v) is 7.30. The van der Waals surface area contributed by atoms with Crippen LogP contribution in [0.3, 0.4) is 0 Å². The molecule has 4 aromatic carbocycles. The van der Waals surface area contributed by atoms with Crippen molar-refractivity contribution in [3.63, 3.8) is 0 Å². The molecule has 0 radical (unpaired) electrons. The van der Waals surface area contributed by atoms with Gasteiger partial charge in [0, 0.05) is 6.54 Å². The largest absolute Gasteiger partial charge is 0.460 e. The summed E-state index contributed by atoms with van der Waals surface area (Å²) in [6.45, 7) is 0.855. The molecule has 0 spiro atoms. The van der Waals surface area contributed by atoms with E-state index in [1.165, 1.54) is 19.1 Å². The number of hydrogen-bond acceptors (Lipinski definition) is 8. The van der Waals surface area contributed by atoms with Gasteiger partial charge < -0.3 is 9.47 Å². The van der Waals surface area contributed by atoms with Gasteiger partial charge in [-0.2, -0.15) is 26.3 Å². The predicted molar refractivity (Wildman–Crippen MR) is 184 cm³/mol. The molecule has 1 N–H and O–H groups in total. The Bertz CT molecular complexity index is 2070. The zero-order chi connectivity index (χ0) is 39.4. The normalized spacial score (nSPS) is 17.7. The summed E-state index contributed by atoms with van der Waals surface area (Å²) < 4.78 is 134. The van der Waals surface area contributed by atoms with Crippen LogP contribution >= 0.6 is 7.75 Å². The monoisotopic (exact) mass is 794 g/mol. The molecule has 3 atom stereocenters. The summed E-state index contributed by atoms with van der Waals surface area (Å²) >= 11 is 0. The number of nitrogens with zero attached hydrogens (tertiary/aromatic N) is 3. The summed E-state index contributed by atoms with van der Waals surface area (Å²) in [4.78, 5) is 17.6. The summed E-state index contributed by atoms with van der Waals surface area (Å²) in [5.41, 5.74) is -2.65. The Morgan fingerprint density at radius 2 is 1.40 bits per heavy atom. The van der Waals surface area contributed by atoms with Gasteiger partial charge in [-0.15, -0.1) is 9.55 Å². The number of aromatic nitrogens is 3. The van der Waals surface area contributed by atoms with Crippen molar-refractivity contribution in [2.45, 2.75) is 57.5 Å².